The van der Waals surface area contributed by atoms with E-state index in [0.717, 1.165) is 64.2 Å². The Hall–Kier alpha value is -1.85. The molecule has 1 heterocycles. The van der Waals surface area contributed by atoms with Gasteiger partial charge >= 0.3 is 0 Å². The lowest BCUT2D eigenvalue weighted by molar-refractivity contribution is -0.302. The van der Waals surface area contributed by atoms with Crippen LogP contribution in [0.2, 0.25) is 0 Å². The van der Waals surface area contributed by atoms with Crippen LogP contribution in [0.3, 0.4) is 0 Å². The number of aliphatic hydroxyl groups is 5. The highest BCUT2D eigenvalue weighted by atomic mass is 16.7. The highest BCUT2D eigenvalue weighted by Gasteiger charge is 2.44. The summed E-state index contributed by atoms with van der Waals surface area (Å²) in [6.07, 6.45) is 82.0. The van der Waals surface area contributed by atoms with E-state index in [1.54, 1.807) is 0 Å². The second kappa shape index (κ2) is 65.1. The predicted octanol–water partition coefficient (Wildman–Crippen LogP) is 20.8. The van der Waals surface area contributed by atoms with Crippen LogP contribution in [0.4, 0.5) is 0 Å². The van der Waals surface area contributed by atoms with Crippen molar-refractivity contribution >= 4 is 5.91 Å². The summed E-state index contributed by atoms with van der Waals surface area (Å²) in [5.41, 5.74) is 0. The third-order valence-corrected chi connectivity index (χ3v) is 17.9. The Morgan fingerprint density at radius 2 is 0.729 bits per heavy atom. The van der Waals surface area contributed by atoms with Gasteiger partial charge in [0.25, 0.3) is 0 Å². The first kappa shape index (κ1) is 81.2. The van der Waals surface area contributed by atoms with Crippen LogP contribution in [0, 0.1) is 0 Å². The van der Waals surface area contributed by atoms with Crippen molar-refractivity contribution in [1.82, 2.24) is 5.32 Å². The Balaban J connectivity index is 2.08. The highest BCUT2D eigenvalue weighted by molar-refractivity contribution is 5.76. The number of nitrogens with one attached hydrogen (secondary N) is 1. The first-order valence-electron chi connectivity index (χ1n) is 37.3. The average Bonchev–Trinajstić information content (AvgIpc) is 3.54. The van der Waals surface area contributed by atoms with Crippen molar-refractivity contribution in [2.45, 2.75) is 416 Å². The summed E-state index contributed by atoms with van der Waals surface area (Å²) >= 11 is 0. The molecule has 85 heavy (non-hydrogen) atoms. The Kier molecular flexibility index (Phi) is 62.2. The van der Waals surface area contributed by atoms with E-state index in [4.69, 9.17) is 9.47 Å². The van der Waals surface area contributed by atoms with E-state index in [1.165, 1.54) is 283 Å². The van der Waals surface area contributed by atoms with E-state index in [9.17, 15) is 30.3 Å². The molecular formula is C76H143NO8. The van der Waals surface area contributed by atoms with Crippen LogP contribution in [-0.2, 0) is 14.3 Å². The summed E-state index contributed by atoms with van der Waals surface area (Å²) < 4.78 is 11.4. The molecule has 500 valence electrons. The van der Waals surface area contributed by atoms with Crippen molar-refractivity contribution in [1.29, 1.82) is 0 Å². The van der Waals surface area contributed by atoms with Gasteiger partial charge in [0, 0.05) is 6.42 Å². The molecule has 0 aromatic heterocycles. The molecule has 0 aliphatic carbocycles. The number of hydrogen-bond donors (Lipinski definition) is 6. The van der Waals surface area contributed by atoms with Crippen LogP contribution in [0.1, 0.15) is 373 Å². The number of hydrogen-bond acceptors (Lipinski definition) is 8. The number of carbonyl (C=O) groups is 1. The lowest BCUT2D eigenvalue weighted by atomic mass is 9.99. The maximum absolute atomic E-state index is 13.2. The number of amides is 1. The standard InChI is InChI=1S/C76H143NO8/c1-3-5-7-9-11-13-15-17-19-21-23-25-27-29-31-33-35-37-39-41-43-45-47-49-51-53-55-57-59-61-63-65-70(79)69(68-84-76-75(83)74(82)73(81)71(67-78)85-76)77-72(80)66-64-62-60-58-56-54-52-50-48-46-44-42-40-38-36-34-32-30-28-26-24-22-20-18-16-14-12-10-8-6-4-2/h6,8,12,14,18,20,24,26,69-71,73-76,78-79,81-83H,3-5,7,9-11,13,15-17,19,21-23,25,27-68H2,1-2H3,(H,77,80)/b8-6-,14-12-,20-18-,26-24-. The molecule has 7 atom stereocenters. The van der Waals surface area contributed by atoms with Gasteiger partial charge < -0.3 is 40.3 Å². The molecule has 0 bridgehead atoms. The molecule has 1 rings (SSSR count). The number of allylic oxidation sites excluding steroid dienone is 8. The van der Waals surface area contributed by atoms with Gasteiger partial charge in [-0.15, -0.1) is 0 Å². The average molecular weight is 1200 g/mol. The second-order valence-electron chi connectivity index (χ2n) is 26.1. The summed E-state index contributed by atoms with van der Waals surface area (Å²) in [6.45, 7) is 3.78. The minimum Gasteiger partial charge on any atom is -0.394 e. The third-order valence-electron chi connectivity index (χ3n) is 17.9. The monoisotopic (exact) mass is 1200 g/mol. The van der Waals surface area contributed by atoms with Crippen LogP contribution < -0.4 is 5.32 Å². The molecule has 6 N–H and O–H groups in total. The SMILES string of the molecule is CC/C=C\C/C=C\C/C=C\C/C=C\CCCCCCCCCCCCCCCCCCCCC(=O)NC(COC1OC(CO)C(O)C(O)C1O)C(O)CCCCCCCCCCCCCCCCCCCCCCCCCCCCCCCCC. The fourth-order valence-electron chi connectivity index (χ4n) is 12.2. The second-order valence-corrected chi connectivity index (χ2v) is 26.1. The van der Waals surface area contributed by atoms with E-state index < -0.39 is 49.5 Å². The number of unbranched alkanes of at least 4 members (excludes halogenated alkanes) is 48. The Morgan fingerprint density at radius 1 is 0.412 bits per heavy atom. The van der Waals surface area contributed by atoms with Crippen molar-refractivity contribution in [2.24, 2.45) is 0 Å². The van der Waals surface area contributed by atoms with Gasteiger partial charge in [-0.25, -0.2) is 0 Å². The van der Waals surface area contributed by atoms with E-state index in [1.807, 2.05) is 0 Å². The molecule has 9 heteroatoms. The van der Waals surface area contributed by atoms with Crippen molar-refractivity contribution in [3.63, 3.8) is 0 Å². The number of aliphatic hydroxyl groups excluding tert-OH is 5. The van der Waals surface area contributed by atoms with Gasteiger partial charge in [-0.1, -0.05) is 364 Å². The third kappa shape index (κ3) is 53.7. The molecule has 9 nitrogen and oxygen atoms in total. The highest BCUT2D eigenvalue weighted by Crippen LogP contribution is 2.24. The van der Waals surface area contributed by atoms with Gasteiger partial charge in [-0.05, 0) is 51.4 Å². The molecule has 0 saturated carbocycles. The Labute approximate surface area is 526 Å². The van der Waals surface area contributed by atoms with Crippen LogP contribution in [0.5, 0.6) is 0 Å². The van der Waals surface area contributed by atoms with Crippen molar-refractivity contribution in [2.75, 3.05) is 13.2 Å². The van der Waals surface area contributed by atoms with E-state index in [0.29, 0.717) is 12.8 Å². The lowest BCUT2D eigenvalue weighted by Crippen LogP contribution is -2.60. The fraction of sp³-hybridized carbons (Fsp3) is 0.882. The molecule has 0 aromatic carbocycles. The number of carbonyl (C=O) groups excluding carboxylic acids is 1. The van der Waals surface area contributed by atoms with E-state index >= 15 is 0 Å². The smallest absolute Gasteiger partial charge is 0.220 e. The number of ether oxygens (including phenoxy) is 2. The minimum atomic E-state index is -1.55. The van der Waals surface area contributed by atoms with Crippen molar-refractivity contribution < 1.29 is 39.8 Å². The molecule has 7 unspecified atom stereocenters. The summed E-state index contributed by atoms with van der Waals surface area (Å²) in [7, 11) is 0. The summed E-state index contributed by atoms with van der Waals surface area (Å²) in [5, 5.41) is 55.0. The Morgan fingerprint density at radius 3 is 1.08 bits per heavy atom. The van der Waals surface area contributed by atoms with Crippen LogP contribution >= 0.6 is 0 Å². The van der Waals surface area contributed by atoms with Crippen LogP contribution in [0.25, 0.3) is 0 Å². The van der Waals surface area contributed by atoms with Gasteiger partial charge in [0.15, 0.2) is 6.29 Å². The maximum Gasteiger partial charge on any atom is 0.220 e. The molecule has 1 amide bonds. The van der Waals surface area contributed by atoms with Crippen molar-refractivity contribution in [3.8, 4) is 0 Å². The summed E-state index contributed by atoms with van der Waals surface area (Å²) in [5.74, 6) is -0.137. The largest absolute Gasteiger partial charge is 0.394 e. The van der Waals surface area contributed by atoms with Crippen LogP contribution in [-0.4, -0.2) is 87.5 Å². The van der Waals surface area contributed by atoms with Gasteiger partial charge in [0.05, 0.1) is 25.4 Å². The van der Waals surface area contributed by atoms with Gasteiger partial charge in [0.2, 0.25) is 5.91 Å². The predicted molar refractivity (Wildman–Crippen MR) is 364 cm³/mol. The van der Waals surface area contributed by atoms with Gasteiger partial charge in [0.1, 0.15) is 24.4 Å². The molecule has 1 aliphatic heterocycles. The zero-order valence-corrected chi connectivity index (χ0v) is 56.1. The summed E-state index contributed by atoms with van der Waals surface area (Å²) in [6, 6.07) is -0.721. The molecule has 1 aliphatic rings. The molecule has 0 spiro atoms. The summed E-state index contributed by atoms with van der Waals surface area (Å²) in [4.78, 5) is 13.2. The van der Waals surface area contributed by atoms with E-state index in [-0.39, 0.29) is 12.5 Å². The number of rotatable bonds is 66. The lowest BCUT2D eigenvalue weighted by Gasteiger charge is -2.40. The van der Waals surface area contributed by atoms with Crippen molar-refractivity contribution in [3.05, 3.63) is 48.6 Å². The quantitative estimate of drug-likeness (QED) is 0.0261. The van der Waals surface area contributed by atoms with Gasteiger partial charge in [-0.2, -0.15) is 0 Å². The van der Waals surface area contributed by atoms with Gasteiger partial charge in [-0.3, -0.25) is 4.79 Å². The zero-order chi connectivity index (χ0) is 61.4. The van der Waals surface area contributed by atoms with Crippen LogP contribution in [0.15, 0.2) is 48.6 Å². The molecule has 0 radical (unpaired) electrons. The molecular weight excluding hydrogens is 1050 g/mol. The Bertz CT molecular complexity index is 1480. The molecule has 0 aromatic rings. The normalized spacial score (nSPS) is 18.3. The molecule has 1 fully saturated rings. The minimum absolute atomic E-state index is 0.135. The first-order chi connectivity index (χ1) is 41.8. The topological polar surface area (TPSA) is 149 Å². The zero-order valence-electron chi connectivity index (χ0n) is 56.1. The maximum atomic E-state index is 13.2. The first-order valence-corrected chi connectivity index (χ1v) is 37.3. The fourth-order valence-corrected chi connectivity index (χ4v) is 12.2. The van der Waals surface area contributed by atoms with E-state index in [2.05, 4.69) is 67.8 Å². The molecule has 1 saturated heterocycles.